The summed E-state index contributed by atoms with van der Waals surface area (Å²) < 4.78 is 9.06. The van der Waals surface area contributed by atoms with Crippen LogP contribution in [-0.2, 0) is 11.8 Å². The van der Waals surface area contributed by atoms with Crippen LogP contribution >= 0.6 is 0 Å². The van der Waals surface area contributed by atoms with Crippen molar-refractivity contribution in [3.8, 4) is 17.2 Å². The Labute approximate surface area is 220 Å². The minimum absolute atomic E-state index is 0.00331. The van der Waals surface area contributed by atoms with Crippen molar-refractivity contribution in [3.05, 3.63) is 94.5 Å². The standard InChI is InChI=1S/C29H29N5O4/c1-19-26(29(37)34(33(19)2)22-10-4-3-5-11-22)28(36)31-21-12-14-23(15-13-21)38-24-16-17-30-25(18-24)32-27(35)20-8-6-7-9-20/h3-5,10-18,20H,6-9H2,1-2H3,(H,31,36)(H,30,32,35). The summed E-state index contributed by atoms with van der Waals surface area (Å²) in [6, 6.07) is 19.4. The van der Waals surface area contributed by atoms with Crippen LogP contribution in [0.1, 0.15) is 41.7 Å². The zero-order chi connectivity index (χ0) is 26.6. The number of rotatable bonds is 7. The number of benzene rings is 2. The Kier molecular flexibility index (Phi) is 7.08. The molecule has 2 aromatic carbocycles. The first-order chi connectivity index (χ1) is 18.4. The maximum absolute atomic E-state index is 13.1. The molecular weight excluding hydrogens is 482 g/mol. The third-order valence-corrected chi connectivity index (χ3v) is 6.84. The van der Waals surface area contributed by atoms with Crippen LogP contribution in [0.4, 0.5) is 11.5 Å². The molecule has 0 bridgehead atoms. The number of amides is 2. The lowest BCUT2D eigenvalue weighted by atomic mass is 10.1. The highest BCUT2D eigenvalue weighted by molar-refractivity contribution is 6.05. The van der Waals surface area contributed by atoms with Crippen molar-refractivity contribution in [1.29, 1.82) is 0 Å². The molecule has 2 aromatic heterocycles. The number of ether oxygens (including phenoxy) is 1. The molecule has 9 nitrogen and oxygen atoms in total. The number of pyridine rings is 1. The van der Waals surface area contributed by atoms with Gasteiger partial charge in [-0.05, 0) is 62.2 Å². The molecular formula is C29H29N5O4. The molecule has 1 fully saturated rings. The van der Waals surface area contributed by atoms with Gasteiger partial charge in [-0.2, -0.15) is 0 Å². The number of nitrogens with one attached hydrogen (secondary N) is 2. The molecule has 5 rings (SSSR count). The summed E-state index contributed by atoms with van der Waals surface area (Å²) in [6.07, 6.45) is 5.58. The van der Waals surface area contributed by atoms with Crippen LogP contribution in [0.5, 0.6) is 11.5 Å². The highest BCUT2D eigenvalue weighted by atomic mass is 16.5. The quantitative estimate of drug-likeness (QED) is 0.361. The molecule has 0 spiro atoms. The number of para-hydroxylation sites is 1. The van der Waals surface area contributed by atoms with E-state index in [0.717, 1.165) is 25.7 Å². The summed E-state index contributed by atoms with van der Waals surface area (Å²) >= 11 is 0. The molecule has 1 saturated carbocycles. The van der Waals surface area contributed by atoms with Crippen LogP contribution in [0.2, 0.25) is 0 Å². The van der Waals surface area contributed by atoms with Crippen LogP contribution in [0, 0.1) is 12.8 Å². The normalized spacial score (nSPS) is 13.3. The first-order valence-electron chi connectivity index (χ1n) is 12.6. The molecule has 1 aliphatic carbocycles. The molecule has 2 amide bonds. The summed E-state index contributed by atoms with van der Waals surface area (Å²) in [4.78, 5) is 42.8. The summed E-state index contributed by atoms with van der Waals surface area (Å²) in [6.45, 7) is 1.74. The van der Waals surface area contributed by atoms with E-state index in [0.29, 0.717) is 34.4 Å². The van der Waals surface area contributed by atoms with Crippen molar-refractivity contribution in [2.75, 3.05) is 10.6 Å². The first-order valence-corrected chi connectivity index (χ1v) is 12.6. The van der Waals surface area contributed by atoms with Crippen LogP contribution in [0.15, 0.2) is 77.7 Å². The van der Waals surface area contributed by atoms with Crippen molar-refractivity contribution in [1.82, 2.24) is 14.3 Å². The maximum Gasteiger partial charge on any atom is 0.284 e. The number of carbonyl (C=O) groups excluding carboxylic acids is 2. The van der Waals surface area contributed by atoms with Gasteiger partial charge in [-0.15, -0.1) is 0 Å². The molecule has 0 saturated heterocycles. The van der Waals surface area contributed by atoms with Gasteiger partial charge in [0.05, 0.1) is 11.4 Å². The molecule has 0 unspecified atom stereocenters. The number of nitrogens with zero attached hydrogens (tertiary/aromatic N) is 3. The van der Waals surface area contributed by atoms with Crippen molar-refractivity contribution in [2.45, 2.75) is 32.6 Å². The molecule has 2 N–H and O–H groups in total. The number of hydrogen-bond acceptors (Lipinski definition) is 5. The van der Waals surface area contributed by atoms with Crippen molar-refractivity contribution in [2.24, 2.45) is 13.0 Å². The van der Waals surface area contributed by atoms with Crippen LogP contribution in [0.3, 0.4) is 0 Å². The Morgan fingerprint density at radius 2 is 1.66 bits per heavy atom. The second kappa shape index (κ2) is 10.8. The minimum Gasteiger partial charge on any atom is -0.457 e. The Bertz CT molecular complexity index is 1520. The Hall–Kier alpha value is -4.66. The highest BCUT2D eigenvalue weighted by Gasteiger charge is 2.23. The largest absolute Gasteiger partial charge is 0.457 e. The lowest BCUT2D eigenvalue weighted by Crippen LogP contribution is -2.25. The zero-order valence-electron chi connectivity index (χ0n) is 21.3. The summed E-state index contributed by atoms with van der Waals surface area (Å²) in [5.41, 5.74) is 1.46. The van der Waals surface area contributed by atoms with Gasteiger partial charge in [-0.25, -0.2) is 9.67 Å². The van der Waals surface area contributed by atoms with Gasteiger partial charge < -0.3 is 15.4 Å². The van der Waals surface area contributed by atoms with E-state index in [1.807, 2.05) is 30.3 Å². The lowest BCUT2D eigenvalue weighted by molar-refractivity contribution is -0.119. The van der Waals surface area contributed by atoms with E-state index in [4.69, 9.17) is 4.74 Å². The topological polar surface area (TPSA) is 107 Å². The van der Waals surface area contributed by atoms with E-state index in [1.165, 1.54) is 4.68 Å². The lowest BCUT2D eigenvalue weighted by Gasteiger charge is -2.11. The van der Waals surface area contributed by atoms with E-state index in [1.54, 1.807) is 61.2 Å². The fraction of sp³-hybridized carbons (Fsp3) is 0.241. The molecule has 38 heavy (non-hydrogen) atoms. The molecule has 0 aliphatic heterocycles. The predicted molar refractivity (Wildman–Crippen MR) is 145 cm³/mol. The van der Waals surface area contributed by atoms with Gasteiger partial charge in [0.15, 0.2) is 0 Å². The highest BCUT2D eigenvalue weighted by Crippen LogP contribution is 2.28. The van der Waals surface area contributed by atoms with Gasteiger partial charge in [0.2, 0.25) is 5.91 Å². The SMILES string of the molecule is Cc1c(C(=O)Nc2ccc(Oc3ccnc(NC(=O)C4CCCC4)c3)cc2)c(=O)n(-c2ccccc2)n1C. The van der Waals surface area contributed by atoms with E-state index in [2.05, 4.69) is 15.6 Å². The first kappa shape index (κ1) is 25.0. The van der Waals surface area contributed by atoms with Crippen LogP contribution in [-0.4, -0.2) is 26.2 Å². The third-order valence-electron chi connectivity index (χ3n) is 6.84. The van der Waals surface area contributed by atoms with E-state index < -0.39 is 5.91 Å². The van der Waals surface area contributed by atoms with E-state index >= 15 is 0 Å². The monoisotopic (exact) mass is 511 g/mol. The molecule has 9 heteroatoms. The fourth-order valence-electron chi connectivity index (χ4n) is 4.73. The molecule has 1 aliphatic rings. The zero-order valence-corrected chi connectivity index (χ0v) is 21.3. The number of anilines is 2. The number of aromatic nitrogens is 3. The number of hydrogen-bond donors (Lipinski definition) is 2. The average Bonchev–Trinajstić information content (AvgIpc) is 3.53. The Morgan fingerprint density at radius 3 is 2.37 bits per heavy atom. The van der Waals surface area contributed by atoms with E-state index in [-0.39, 0.29) is 22.9 Å². The number of carbonyl (C=O) groups is 2. The van der Waals surface area contributed by atoms with Crippen LogP contribution < -0.4 is 20.9 Å². The molecule has 0 radical (unpaired) electrons. The van der Waals surface area contributed by atoms with Gasteiger partial charge in [0, 0.05) is 30.9 Å². The molecule has 194 valence electrons. The molecule has 4 aromatic rings. The average molecular weight is 512 g/mol. The minimum atomic E-state index is -0.483. The summed E-state index contributed by atoms with van der Waals surface area (Å²) in [5.74, 6) is 1.08. The van der Waals surface area contributed by atoms with Crippen molar-refractivity contribution >= 4 is 23.3 Å². The van der Waals surface area contributed by atoms with Crippen molar-refractivity contribution < 1.29 is 14.3 Å². The molecule has 2 heterocycles. The van der Waals surface area contributed by atoms with Gasteiger partial charge in [-0.1, -0.05) is 31.0 Å². The Morgan fingerprint density at radius 1 is 0.947 bits per heavy atom. The Balaban J connectivity index is 1.26. The third kappa shape index (κ3) is 5.22. The van der Waals surface area contributed by atoms with Crippen LogP contribution in [0.25, 0.3) is 5.69 Å². The van der Waals surface area contributed by atoms with Gasteiger partial charge in [-0.3, -0.25) is 19.1 Å². The van der Waals surface area contributed by atoms with Crippen molar-refractivity contribution in [3.63, 3.8) is 0 Å². The fourth-order valence-corrected chi connectivity index (χ4v) is 4.73. The van der Waals surface area contributed by atoms with Gasteiger partial charge >= 0.3 is 0 Å². The van der Waals surface area contributed by atoms with Gasteiger partial charge in [0.25, 0.3) is 11.5 Å². The summed E-state index contributed by atoms with van der Waals surface area (Å²) in [7, 11) is 1.75. The van der Waals surface area contributed by atoms with E-state index in [9.17, 15) is 14.4 Å². The van der Waals surface area contributed by atoms with Gasteiger partial charge in [0.1, 0.15) is 22.9 Å². The summed E-state index contributed by atoms with van der Waals surface area (Å²) in [5, 5.41) is 5.68. The second-order valence-electron chi connectivity index (χ2n) is 9.36. The second-order valence-corrected chi connectivity index (χ2v) is 9.36. The molecule has 0 atom stereocenters. The maximum atomic E-state index is 13.1. The smallest absolute Gasteiger partial charge is 0.284 e. The predicted octanol–water partition coefficient (Wildman–Crippen LogP) is 5.05.